The molecule has 0 aliphatic carbocycles. The normalized spacial score (nSPS) is 12.5. The minimum atomic E-state index is -4.49. The molecule has 2 rings (SSSR count). The molecule has 154 valence electrons. The van der Waals surface area contributed by atoms with E-state index in [1.165, 1.54) is 25.3 Å². The van der Waals surface area contributed by atoms with Gasteiger partial charge in [0.15, 0.2) is 18.1 Å². The van der Waals surface area contributed by atoms with Gasteiger partial charge in [-0.25, -0.2) is 4.79 Å². The lowest BCUT2D eigenvalue weighted by atomic mass is 10.2. The Kier molecular flexibility index (Phi) is 7.16. The first-order valence-electron chi connectivity index (χ1n) is 8.32. The molecule has 0 saturated heterocycles. The highest BCUT2D eigenvalue weighted by molar-refractivity contribution is 5.89. The second-order valence-corrected chi connectivity index (χ2v) is 6.10. The van der Waals surface area contributed by atoms with Gasteiger partial charge in [0.1, 0.15) is 5.76 Å². The molecule has 1 unspecified atom stereocenters. The van der Waals surface area contributed by atoms with Crippen LogP contribution in [-0.4, -0.2) is 51.5 Å². The van der Waals surface area contributed by atoms with Gasteiger partial charge < -0.3 is 24.5 Å². The molecule has 0 radical (unpaired) electrons. The van der Waals surface area contributed by atoms with Crippen molar-refractivity contribution in [3.8, 4) is 11.5 Å². The van der Waals surface area contributed by atoms with Crippen molar-refractivity contribution in [1.82, 2.24) is 10.2 Å². The van der Waals surface area contributed by atoms with Crippen LogP contribution in [0.5, 0.6) is 11.5 Å². The van der Waals surface area contributed by atoms with Crippen molar-refractivity contribution in [2.24, 2.45) is 0 Å². The third-order valence-electron chi connectivity index (χ3n) is 3.76. The Labute approximate surface area is 160 Å². The first-order chi connectivity index (χ1) is 13.2. The monoisotopic (exact) mass is 401 g/mol. The number of nitrogens with zero attached hydrogens (tertiary/aromatic N) is 1. The van der Waals surface area contributed by atoms with E-state index in [9.17, 15) is 18.0 Å². The van der Waals surface area contributed by atoms with Crippen molar-refractivity contribution in [3.05, 3.63) is 42.4 Å². The predicted molar refractivity (Wildman–Crippen MR) is 96.7 cm³/mol. The summed E-state index contributed by atoms with van der Waals surface area (Å²) in [4.78, 5) is 14.1. The molecule has 0 spiro atoms. The predicted octanol–water partition coefficient (Wildman–Crippen LogP) is 3.65. The number of benzene rings is 1. The minimum absolute atomic E-state index is 0.126. The fourth-order valence-electron chi connectivity index (χ4n) is 2.41. The smallest absolute Gasteiger partial charge is 0.422 e. The van der Waals surface area contributed by atoms with E-state index in [0.29, 0.717) is 5.76 Å². The summed E-state index contributed by atoms with van der Waals surface area (Å²) in [6.45, 7) is -1.20. The van der Waals surface area contributed by atoms with Gasteiger partial charge in [-0.15, -0.1) is 0 Å². The number of anilines is 1. The van der Waals surface area contributed by atoms with E-state index in [0.717, 1.165) is 0 Å². The number of alkyl halides is 3. The lowest BCUT2D eigenvalue weighted by Crippen LogP contribution is -2.36. The first kappa shape index (κ1) is 21.4. The fraction of sp³-hybridized carbons (Fsp3) is 0.389. The molecule has 1 atom stereocenters. The summed E-state index contributed by atoms with van der Waals surface area (Å²) in [5.74, 6) is 0.692. The van der Waals surface area contributed by atoms with Gasteiger partial charge in [-0.1, -0.05) is 0 Å². The average molecular weight is 401 g/mol. The zero-order valence-electron chi connectivity index (χ0n) is 15.7. The number of likely N-dealkylation sites (N-methyl/N-ethyl adjacent to an activating group) is 1. The van der Waals surface area contributed by atoms with E-state index in [1.54, 1.807) is 18.4 Å². The largest absolute Gasteiger partial charge is 0.493 e. The van der Waals surface area contributed by atoms with Crippen LogP contribution in [0.4, 0.5) is 23.7 Å². The molecule has 0 fully saturated rings. The number of hydrogen-bond acceptors (Lipinski definition) is 5. The maximum Gasteiger partial charge on any atom is 0.422 e. The number of ether oxygens (including phenoxy) is 2. The minimum Gasteiger partial charge on any atom is -0.493 e. The van der Waals surface area contributed by atoms with Gasteiger partial charge in [-0.3, -0.25) is 4.90 Å². The zero-order valence-corrected chi connectivity index (χ0v) is 15.7. The number of amides is 2. The molecular formula is C18H22F3N3O4. The van der Waals surface area contributed by atoms with Gasteiger partial charge in [-0.05, 0) is 38.4 Å². The second-order valence-electron chi connectivity index (χ2n) is 6.10. The van der Waals surface area contributed by atoms with Gasteiger partial charge in [0.25, 0.3) is 0 Å². The van der Waals surface area contributed by atoms with Crippen LogP contribution in [0.1, 0.15) is 11.8 Å². The van der Waals surface area contributed by atoms with E-state index < -0.39 is 18.8 Å². The summed E-state index contributed by atoms with van der Waals surface area (Å²) < 4.78 is 52.3. The fourth-order valence-corrected chi connectivity index (χ4v) is 2.41. The summed E-state index contributed by atoms with van der Waals surface area (Å²) in [5.41, 5.74) is 0.259. The third kappa shape index (κ3) is 6.38. The lowest BCUT2D eigenvalue weighted by molar-refractivity contribution is -0.153. The van der Waals surface area contributed by atoms with Crippen molar-refractivity contribution in [1.29, 1.82) is 0 Å². The van der Waals surface area contributed by atoms with Gasteiger partial charge in [0.05, 0.1) is 19.4 Å². The maximum atomic E-state index is 12.4. The van der Waals surface area contributed by atoms with E-state index in [1.807, 2.05) is 19.0 Å². The highest BCUT2D eigenvalue weighted by atomic mass is 19.4. The molecule has 0 saturated carbocycles. The van der Waals surface area contributed by atoms with Gasteiger partial charge in [0.2, 0.25) is 0 Å². The van der Waals surface area contributed by atoms with Crippen molar-refractivity contribution in [2.45, 2.75) is 12.2 Å². The molecule has 1 aromatic carbocycles. The Hall–Kier alpha value is -2.88. The quantitative estimate of drug-likeness (QED) is 0.706. The van der Waals surface area contributed by atoms with Crippen LogP contribution in [0, 0.1) is 0 Å². The molecule has 0 aliphatic rings. The highest BCUT2D eigenvalue weighted by Crippen LogP contribution is 2.31. The number of carbonyl (C=O) groups excluding carboxylic acids is 1. The summed E-state index contributed by atoms with van der Waals surface area (Å²) in [5, 5.41) is 5.26. The number of hydrogen-bond donors (Lipinski definition) is 2. The molecule has 1 aromatic heterocycles. The zero-order chi connectivity index (χ0) is 20.7. The number of carbonyl (C=O) groups is 1. The number of methoxy groups -OCH3 is 1. The molecule has 2 aromatic rings. The Bertz CT molecular complexity index is 764. The summed E-state index contributed by atoms with van der Waals surface area (Å²) in [7, 11) is 5.01. The topological polar surface area (TPSA) is 76.0 Å². The van der Waals surface area contributed by atoms with Crippen molar-refractivity contribution < 1.29 is 31.9 Å². The van der Waals surface area contributed by atoms with Crippen LogP contribution in [0.25, 0.3) is 0 Å². The number of urea groups is 1. The first-order valence-corrected chi connectivity index (χ1v) is 8.32. The van der Waals surface area contributed by atoms with Gasteiger partial charge in [0, 0.05) is 18.3 Å². The molecule has 0 aliphatic heterocycles. The van der Waals surface area contributed by atoms with Crippen LogP contribution in [0.15, 0.2) is 41.0 Å². The van der Waals surface area contributed by atoms with Crippen molar-refractivity contribution in [2.75, 3.05) is 39.7 Å². The molecule has 2 amide bonds. The van der Waals surface area contributed by atoms with E-state index in [-0.39, 0.29) is 29.8 Å². The molecule has 28 heavy (non-hydrogen) atoms. The standard InChI is InChI=1S/C18H22F3N3O4/c1-24(2)13(14-5-4-8-27-14)10-22-17(25)23-12-6-7-15(26-3)16(9-12)28-11-18(19,20)21/h4-9,13H,10-11H2,1-3H3,(H2,22,23,25). The van der Waals surface area contributed by atoms with Crippen LogP contribution in [0.3, 0.4) is 0 Å². The maximum absolute atomic E-state index is 12.4. The molecule has 2 N–H and O–H groups in total. The van der Waals surface area contributed by atoms with Crippen LogP contribution in [0.2, 0.25) is 0 Å². The molecule has 10 heteroatoms. The van der Waals surface area contributed by atoms with Gasteiger partial charge >= 0.3 is 12.2 Å². The number of rotatable bonds is 8. The summed E-state index contributed by atoms with van der Waals surface area (Å²) in [6.07, 6.45) is -2.94. The Balaban J connectivity index is 1.99. The SMILES string of the molecule is COc1ccc(NC(=O)NCC(c2ccco2)N(C)C)cc1OCC(F)(F)F. The van der Waals surface area contributed by atoms with E-state index in [2.05, 4.69) is 10.6 Å². The summed E-state index contributed by atoms with van der Waals surface area (Å²) in [6, 6.07) is 7.03. The van der Waals surface area contributed by atoms with Gasteiger partial charge in [-0.2, -0.15) is 13.2 Å². The number of furan rings is 1. The Morgan fingerprint density at radius 3 is 2.57 bits per heavy atom. The number of halogens is 3. The Morgan fingerprint density at radius 2 is 2.00 bits per heavy atom. The van der Waals surface area contributed by atoms with Crippen LogP contribution >= 0.6 is 0 Å². The van der Waals surface area contributed by atoms with E-state index in [4.69, 9.17) is 13.9 Å². The molecule has 7 nitrogen and oxygen atoms in total. The number of nitrogens with one attached hydrogen (secondary N) is 2. The lowest BCUT2D eigenvalue weighted by Gasteiger charge is -2.22. The molecule has 1 heterocycles. The molecule has 0 bridgehead atoms. The van der Waals surface area contributed by atoms with Crippen molar-refractivity contribution in [3.63, 3.8) is 0 Å². The van der Waals surface area contributed by atoms with Crippen LogP contribution < -0.4 is 20.1 Å². The summed E-state index contributed by atoms with van der Waals surface area (Å²) >= 11 is 0. The average Bonchev–Trinajstić information content (AvgIpc) is 3.13. The second kappa shape index (κ2) is 9.36. The van der Waals surface area contributed by atoms with Crippen LogP contribution in [-0.2, 0) is 0 Å². The molecular weight excluding hydrogens is 379 g/mol. The third-order valence-corrected chi connectivity index (χ3v) is 3.76. The Morgan fingerprint density at radius 1 is 1.25 bits per heavy atom. The van der Waals surface area contributed by atoms with Crippen molar-refractivity contribution >= 4 is 11.7 Å². The highest BCUT2D eigenvalue weighted by Gasteiger charge is 2.29. The van der Waals surface area contributed by atoms with E-state index >= 15 is 0 Å².